The number of carbonyl (C=O) groups excluding carboxylic acids is 1. The number of rotatable bonds is 6. The smallest absolute Gasteiger partial charge is 0.249 e. The molecule has 1 aliphatic carbocycles. The van der Waals surface area contributed by atoms with Gasteiger partial charge >= 0.3 is 0 Å². The first kappa shape index (κ1) is 15.4. The van der Waals surface area contributed by atoms with Gasteiger partial charge in [-0.3, -0.25) is 4.79 Å². The monoisotopic (exact) mass is 325 g/mol. The fourth-order valence-corrected chi connectivity index (χ4v) is 3.44. The Balaban J connectivity index is 1.34. The molecule has 24 heavy (non-hydrogen) atoms. The number of aryl methyl sites for hydroxylation is 1. The Morgan fingerprint density at radius 3 is 2.83 bits per heavy atom. The standard InChI is InChI=1S/C19H23N3O2/c23-17(10-4-8-14-6-2-1-3-7-14)22-13-5-9-16(22)19-20-18(21-24-19)15-11-12-15/h1-3,6-7,15-16H,4-5,8-13H2. The summed E-state index contributed by atoms with van der Waals surface area (Å²) in [4.78, 5) is 19.1. The Bertz CT molecular complexity index is 694. The van der Waals surface area contributed by atoms with Gasteiger partial charge in [0.2, 0.25) is 11.8 Å². The van der Waals surface area contributed by atoms with Crippen molar-refractivity contribution in [1.29, 1.82) is 0 Å². The average Bonchev–Trinajstić information content (AvgIpc) is 3.14. The van der Waals surface area contributed by atoms with Crippen molar-refractivity contribution in [1.82, 2.24) is 15.0 Å². The molecule has 126 valence electrons. The molecule has 5 heteroatoms. The number of likely N-dealkylation sites (tertiary alicyclic amines) is 1. The van der Waals surface area contributed by atoms with Crippen LogP contribution in [0.4, 0.5) is 0 Å². The lowest BCUT2D eigenvalue weighted by Crippen LogP contribution is -2.30. The zero-order chi connectivity index (χ0) is 16.4. The van der Waals surface area contributed by atoms with Gasteiger partial charge in [-0.25, -0.2) is 0 Å². The van der Waals surface area contributed by atoms with Crippen LogP contribution in [0.2, 0.25) is 0 Å². The molecule has 1 saturated heterocycles. The second kappa shape index (κ2) is 6.75. The maximum atomic E-state index is 12.6. The summed E-state index contributed by atoms with van der Waals surface area (Å²) in [6.45, 7) is 0.802. The van der Waals surface area contributed by atoms with E-state index in [1.54, 1.807) is 0 Å². The first-order valence-electron chi connectivity index (χ1n) is 8.98. The summed E-state index contributed by atoms with van der Waals surface area (Å²) >= 11 is 0. The largest absolute Gasteiger partial charge is 0.337 e. The lowest BCUT2D eigenvalue weighted by atomic mass is 10.1. The van der Waals surface area contributed by atoms with Crippen LogP contribution < -0.4 is 0 Å². The van der Waals surface area contributed by atoms with Gasteiger partial charge in [-0.1, -0.05) is 35.5 Å². The van der Waals surface area contributed by atoms with E-state index in [-0.39, 0.29) is 11.9 Å². The summed E-state index contributed by atoms with van der Waals surface area (Å²) in [6, 6.07) is 10.3. The molecule has 1 amide bonds. The Kier molecular flexibility index (Phi) is 4.32. The van der Waals surface area contributed by atoms with Crippen LogP contribution in [0.1, 0.15) is 67.8 Å². The molecule has 0 spiro atoms. The molecule has 2 aliphatic rings. The van der Waals surface area contributed by atoms with Crippen LogP contribution in [-0.2, 0) is 11.2 Å². The fraction of sp³-hybridized carbons (Fsp3) is 0.526. The number of benzene rings is 1. The highest BCUT2D eigenvalue weighted by Gasteiger charge is 2.35. The van der Waals surface area contributed by atoms with E-state index in [1.165, 1.54) is 5.56 Å². The maximum absolute atomic E-state index is 12.6. The Labute approximate surface area is 142 Å². The first-order valence-corrected chi connectivity index (χ1v) is 8.98. The molecule has 5 nitrogen and oxygen atoms in total. The van der Waals surface area contributed by atoms with Gasteiger partial charge in [-0.05, 0) is 44.1 Å². The molecule has 1 unspecified atom stereocenters. The van der Waals surface area contributed by atoms with Crippen molar-refractivity contribution in [2.75, 3.05) is 6.54 Å². The molecule has 1 atom stereocenters. The highest BCUT2D eigenvalue weighted by Crippen LogP contribution is 2.39. The van der Waals surface area contributed by atoms with Crippen LogP contribution in [-0.4, -0.2) is 27.5 Å². The molecule has 0 N–H and O–H groups in total. The zero-order valence-corrected chi connectivity index (χ0v) is 13.9. The Morgan fingerprint density at radius 1 is 1.21 bits per heavy atom. The summed E-state index contributed by atoms with van der Waals surface area (Å²) in [5.41, 5.74) is 1.29. The lowest BCUT2D eigenvalue weighted by molar-refractivity contribution is -0.132. The van der Waals surface area contributed by atoms with Crippen LogP contribution >= 0.6 is 0 Å². The first-order chi connectivity index (χ1) is 11.8. The van der Waals surface area contributed by atoms with Crippen molar-refractivity contribution >= 4 is 5.91 Å². The van der Waals surface area contributed by atoms with E-state index >= 15 is 0 Å². The van der Waals surface area contributed by atoms with Crippen molar-refractivity contribution in [3.63, 3.8) is 0 Å². The third-order valence-corrected chi connectivity index (χ3v) is 4.96. The topological polar surface area (TPSA) is 59.2 Å². The van der Waals surface area contributed by atoms with Gasteiger partial charge in [0.15, 0.2) is 5.82 Å². The van der Waals surface area contributed by atoms with Gasteiger partial charge in [0.1, 0.15) is 6.04 Å². The Morgan fingerprint density at radius 2 is 2.04 bits per heavy atom. The van der Waals surface area contributed by atoms with E-state index in [0.717, 1.165) is 50.9 Å². The molecule has 2 fully saturated rings. The van der Waals surface area contributed by atoms with Crippen molar-refractivity contribution in [3.05, 3.63) is 47.6 Å². The summed E-state index contributed by atoms with van der Waals surface area (Å²) in [5, 5.41) is 4.09. The van der Waals surface area contributed by atoms with E-state index in [0.29, 0.717) is 18.2 Å². The van der Waals surface area contributed by atoms with Crippen LogP contribution in [0.3, 0.4) is 0 Å². The van der Waals surface area contributed by atoms with Crippen LogP contribution in [0.5, 0.6) is 0 Å². The second-order valence-corrected chi connectivity index (χ2v) is 6.85. The van der Waals surface area contributed by atoms with Gasteiger partial charge in [0.25, 0.3) is 0 Å². The number of nitrogens with zero attached hydrogens (tertiary/aromatic N) is 3. The molecule has 2 heterocycles. The lowest BCUT2D eigenvalue weighted by Gasteiger charge is -2.21. The minimum atomic E-state index is -0.0192. The molecule has 1 aromatic carbocycles. The van der Waals surface area contributed by atoms with Gasteiger partial charge in [-0.2, -0.15) is 4.98 Å². The van der Waals surface area contributed by atoms with Crippen LogP contribution in [0.15, 0.2) is 34.9 Å². The molecule has 1 aromatic heterocycles. The third-order valence-electron chi connectivity index (χ3n) is 4.96. The second-order valence-electron chi connectivity index (χ2n) is 6.85. The van der Waals surface area contributed by atoms with Crippen molar-refractivity contribution < 1.29 is 9.32 Å². The number of carbonyl (C=O) groups is 1. The molecule has 0 radical (unpaired) electrons. The molecule has 1 saturated carbocycles. The molecule has 4 rings (SSSR count). The molecule has 0 bridgehead atoms. The Hall–Kier alpha value is -2.17. The van der Waals surface area contributed by atoms with Crippen LogP contribution in [0, 0.1) is 0 Å². The number of hydrogen-bond donors (Lipinski definition) is 0. The van der Waals surface area contributed by atoms with Gasteiger partial charge in [-0.15, -0.1) is 0 Å². The van der Waals surface area contributed by atoms with E-state index in [4.69, 9.17) is 4.52 Å². The minimum Gasteiger partial charge on any atom is -0.337 e. The van der Waals surface area contributed by atoms with Gasteiger partial charge in [0, 0.05) is 18.9 Å². The summed E-state index contributed by atoms with van der Waals surface area (Å²) in [5.74, 6) is 2.15. The maximum Gasteiger partial charge on any atom is 0.249 e. The molecule has 2 aromatic rings. The number of amides is 1. The summed E-state index contributed by atoms with van der Waals surface area (Å²) in [7, 11) is 0. The molecular weight excluding hydrogens is 302 g/mol. The van der Waals surface area contributed by atoms with E-state index in [9.17, 15) is 4.79 Å². The van der Waals surface area contributed by atoms with E-state index in [1.807, 2.05) is 23.1 Å². The fourth-order valence-electron chi connectivity index (χ4n) is 3.44. The quantitative estimate of drug-likeness (QED) is 0.813. The predicted molar refractivity (Wildman–Crippen MR) is 89.3 cm³/mol. The van der Waals surface area contributed by atoms with Crippen molar-refractivity contribution in [2.45, 2.75) is 56.9 Å². The summed E-state index contributed by atoms with van der Waals surface area (Å²) in [6.07, 6.45) is 6.65. The predicted octanol–water partition coefficient (Wildman–Crippen LogP) is 3.63. The zero-order valence-electron chi connectivity index (χ0n) is 13.9. The number of hydrogen-bond acceptors (Lipinski definition) is 4. The van der Waals surface area contributed by atoms with E-state index in [2.05, 4.69) is 22.3 Å². The van der Waals surface area contributed by atoms with Gasteiger partial charge < -0.3 is 9.42 Å². The van der Waals surface area contributed by atoms with Crippen LogP contribution in [0.25, 0.3) is 0 Å². The highest BCUT2D eigenvalue weighted by atomic mass is 16.5. The normalized spacial score (nSPS) is 20.5. The number of aromatic nitrogens is 2. The SMILES string of the molecule is O=C(CCCc1ccccc1)N1CCCC1c1nc(C2CC2)no1. The van der Waals surface area contributed by atoms with Crippen molar-refractivity contribution in [3.8, 4) is 0 Å². The van der Waals surface area contributed by atoms with Crippen molar-refractivity contribution in [2.24, 2.45) is 0 Å². The summed E-state index contributed by atoms with van der Waals surface area (Å²) < 4.78 is 5.45. The molecular formula is C19H23N3O2. The third kappa shape index (κ3) is 3.35. The van der Waals surface area contributed by atoms with E-state index < -0.39 is 0 Å². The minimum absolute atomic E-state index is 0.0192. The highest BCUT2D eigenvalue weighted by molar-refractivity contribution is 5.76. The average molecular weight is 325 g/mol. The molecule has 1 aliphatic heterocycles. The van der Waals surface area contributed by atoms with Gasteiger partial charge in [0.05, 0.1) is 0 Å².